The fourth-order valence-electron chi connectivity index (χ4n) is 2.20. The number of rotatable bonds is 4. The summed E-state index contributed by atoms with van der Waals surface area (Å²) < 4.78 is 0. The summed E-state index contributed by atoms with van der Waals surface area (Å²) in [6.45, 7) is 3.38. The van der Waals surface area contributed by atoms with Gasteiger partial charge in [-0.3, -0.25) is 9.59 Å². The third-order valence-electron chi connectivity index (χ3n) is 3.52. The average molecular weight is 260 g/mol. The van der Waals surface area contributed by atoms with E-state index in [1.165, 1.54) is 0 Å². The van der Waals surface area contributed by atoms with Gasteiger partial charge in [0.1, 0.15) is 0 Å². The molecule has 1 aromatic rings. The zero-order valence-corrected chi connectivity index (χ0v) is 11.3. The van der Waals surface area contributed by atoms with Crippen LogP contribution in [0.5, 0.6) is 0 Å². The molecule has 1 heterocycles. The van der Waals surface area contributed by atoms with Crippen molar-refractivity contribution in [3.05, 3.63) is 35.9 Å². The summed E-state index contributed by atoms with van der Waals surface area (Å²) in [5, 5.41) is 0. The lowest BCUT2D eigenvalue weighted by atomic mass is 10.1. The smallest absolute Gasteiger partial charge is 0.223 e. The minimum Gasteiger partial charge on any atom is -0.340 e. The molecule has 4 nitrogen and oxygen atoms in total. The highest BCUT2D eigenvalue weighted by Crippen LogP contribution is 2.08. The topological polar surface area (TPSA) is 40.6 Å². The van der Waals surface area contributed by atoms with Crippen LogP contribution in [0.25, 0.3) is 0 Å². The number of nitrogens with zero attached hydrogens (tertiary/aromatic N) is 2. The molecule has 0 N–H and O–H groups in total. The van der Waals surface area contributed by atoms with Crippen molar-refractivity contribution in [1.29, 1.82) is 0 Å². The molecule has 2 rings (SSSR count). The molecule has 0 radical (unpaired) electrons. The number of hydrogen-bond donors (Lipinski definition) is 0. The van der Waals surface area contributed by atoms with E-state index in [9.17, 15) is 9.59 Å². The molecule has 1 fully saturated rings. The second kappa shape index (κ2) is 6.48. The van der Waals surface area contributed by atoms with Gasteiger partial charge in [-0.2, -0.15) is 0 Å². The van der Waals surface area contributed by atoms with Crippen molar-refractivity contribution in [2.45, 2.75) is 12.8 Å². The third kappa shape index (κ3) is 3.89. The molecule has 0 spiro atoms. The first-order valence-corrected chi connectivity index (χ1v) is 6.71. The van der Waals surface area contributed by atoms with Crippen LogP contribution < -0.4 is 0 Å². The summed E-state index contributed by atoms with van der Waals surface area (Å²) in [7, 11) is 2.06. The van der Waals surface area contributed by atoms with E-state index in [-0.39, 0.29) is 11.7 Å². The van der Waals surface area contributed by atoms with Crippen LogP contribution in [-0.4, -0.2) is 54.7 Å². The maximum atomic E-state index is 12.0. The maximum Gasteiger partial charge on any atom is 0.223 e. The van der Waals surface area contributed by atoms with Crippen LogP contribution in [0.3, 0.4) is 0 Å². The van der Waals surface area contributed by atoms with Crippen molar-refractivity contribution in [3.8, 4) is 0 Å². The Hall–Kier alpha value is -1.68. The molecule has 102 valence electrons. The highest BCUT2D eigenvalue weighted by Gasteiger charge is 2.19. The number of benzene rings is 1. The lowest BCUT2D eigenvalue weighted by molar-refractivity contribution is -0.132. The fraction of sp³-hybridized carbons (Fsp3) is 0.467. The molecule has 1 saturated heterocycles. The minimum atomic E-state index is 0.0445. The lowest BCUT2D eigenvalue weighted by Gasteiger charge is -2.32. The van der Waals surface area contributed by atoms with Crippen LogP contribution in [-0.2, 0) is 4.79 Å². The van der Waals surface area contributed by atoms with Crippen LogP contribution in [0.1, 0.15) is 23.2 Å². The third-order valence-corrected chi connectivity index (χ3v) is 3.52. The van der Waals surface area contributed by atoms with Gasteiger partial charge in [-0.05, 0) is 7.05 Å². The van der Waals surface area contributed by atoms with E-state index in [0.717, 1.165) is 26.2 Å². The first-order chi connectivity index (χ1) is 9.16. The first-order valence-electron chi connectivity index (χ1n) is 6.71. The molecular formula is C15H20N2O2. The van der Waals surface area contributed by atoms with E-state index in [1.807, 2.05) is 23.1 Å². The van der Waals surface area contributed by atoms with Gasteiger partial charge in [-0.25, -0.2) is 0 Å². The highest BCUT2D eigenvalue weighted by atomic mass is 16.2. The van der Waals surface area contributed by atoms with Gasteiger partial charge in [-0.15, -0.1) is 0 Å². The summed E-state index contributed by atoms with van der Waals surface area (Å²) in [4.78, 5) is 28.0. The molecule has 4 heteroatoms. The molecule has 19 heavy (non-hydrogen) atoms. The normalized spacial score (nSPS) is 16.4. The number of hydrogen-bond acceptors (Lipinski definition) is 3. The molecule has 1 aliphatic heterocycles. The van der Waals surface area contributed by atoms with Gasteiger partial charge in [0.25, 0.3) is 0 Å². The SMILES string of the molecule is CN1CCN(C(=O)CCC(=O)c2ccccc2)CC1. The van der Waals surface area contributed by atoms with E-state index < -0.39 is 0 Å². The standard InChI is InChI=1S/C15H20N2O2/c1-16-9-11-17(12-10-16)15(19)8-7-14(18)13-5-3-2-4-6-13/h2-6H,7-12H2,1H3. The Morgan fingerprint density at radius 2 is 1.63 bits per heavy atom. The Morgan fingerprint density at radius 3 is 2.26 bits per heavy atom. The second-order valence-electron chi connectivity index (χ2n) is 4.97. The Balaban J connectivity index is 1.79. The van der Waals surface area contributed by atoms with Crippen LogP contribution in [0, 0.1) is 0 Å². The van der Waals surface area contributed by atoms with Gasteiger partial charge in [0, 0.05) is 44.6 Å². The predicted molar refractivity (Wildman–Crippen MR) is 74.1 cm³/mol. The van der Waals surface area contributed by atoms with Gasteiger partial charge < -0.3 is 9.80 Å². The van der Waals surface area contributed by atoms with Gasteiger partial charge in [-0.1, -0.05) is 30.3 Å². The Morgan fingerprint density at radius 1 is 1.00 bits per heavy atom. The monoisotopic (exact) mass is 260 g/mol. The number of Topliss-reactive ketones (excluding diaryl/α,β-unsaturated/α-hetero) is 1. The predicted octanol–water partition coefficient (Wildman–Crippen LogP) is 1.42. The summed E-state index contributed by atoms with van der Waals surface area (Å²) in [5.41, 5.74) is 0.689. The summed E-state index contributed by atoms with van der Waals surface area (Å²) in [6, 6.07) is 9.16. The molecular weight excluding hydrogens is 240 g/mol. The van der Waals surface area contributed by atoms with E-state index in [4.69, 9.17) is 0 Å². The van der Waals surface area contributed by atoms with Crippen molar-refractivity contribution < 1.29 is 9.59 Å². The minimum absolute atomic E-state index is 0.0445. The van der Waals surface area contributed by atoms with Crippen molar-refractivity contribution in [3.63, 3.8) is 0 Å². The largest absolute Gasteiger partial charge is 0.340 e. The zero-order chi connectivity index (χ0) is 13.7. The molecule has 1 amide bonds. The van der Waals surface area contributed by atoms with Gasteiger partial charge in [0.15, 0.2) is 5.78 Å². The lowest BCUT2D eigenvalue weighted by Crippen LogP contribution is -2.47. The molecule has 0 aromatic heterocycles. The highest BCUT2D eigenvalue weighted by molar-refractivity contribution is 5.97. The number of carbonyl (C=O) groups excluding carboxylic acids is 2. The summed E-state index contributed by atoms with van der Waals surface area (Å²) in [5.74, 6) is 0.139. The second-order valence-corrected chi connectivity index (χ2v) is 4.97. The number of amides is 1. The molecule has 0 atom stereocenters. The number of likely N-dealkylation sites (N-methyl/N-ethyl adjacent to an activating group) is 1. The number of ketones is 1. The summed E-state index contributed by atoms with van der Waals surface area (Å²) in [6.07, 6.45) is 0.618. The molecule has 0 aliphatic carbocycles. The molecule has 0 unspecified atom stereocenters. The van der Waals surface area contributed by atoms with Gasteiger partial charge >= 0.3 is 0 Å². The first kappa shape index (κ1) is 13.7. The van der Waals surface area contributed by atoms with E-state index in [0.29, 0.717) is 18.4 Å². The van der Waals surface area contributed by atoms with Crippen LogP contribution in [0.4, 0.5) is 0 Å². The van der Waals surface area contributed by atoms with Crippen molar-refractivity contribution in [2.75, 3.05) is 33.2 Å². The van der Waals surface area contributed by atoms with E-state index >= 15 is 0 Å². The number of carbonyl (C=O) groups is 2. The maximum absolute atomic E-state index is 12.0. The van der Waals surface area contributed by atoms with Crippen molar-refractivity contribution in [2.24, 2.45) is 0 Å². The molecule has 0 saturated carbocycles. The van der Waals surface area contributed by atoms with E-state index in [2.05, 4.69) is 11.9 Å². The van der Waals surface area contributed by atoms with Crippen molar-refractivity contribution in [1.82, 2.24) is 9.80 Å². The van der Waals surface area contributed by atoms with Crippen molar-refractivity contribution >= 4 is 11.7 Å². The van der Waals surface area contributed by atoms with Gasteiger partial charge in [0.2, 0.25) is 5.91 Å². The molecule has 1 aliphatic rings. The molecule has 1 aromatic carbocycles. The Labute approximate surface area is 114 Å². The zero-order valence-electron chi connectivity index (χ0n) is 11.3. The van der Waals surface area contributed by atoms with Gasteiger partial charge in [0.05, 0.1) is 0 Å². The Bertz CT molecular complexity index is 437. The number of piperazine rings is 1. The van der Waals surface area contributed by atoms with Crippen LogP contribution in [0.15, 0.2) is 30.3 Å². The van der Waals surface area contributed by atoms with E-state index in [1.54, 1.807) is 12.1 Å². The molecule has 0 bridgehead atoms. The quantitative estimate of drug-likeness (QED) is 0.769. The van der Waals surface area contributed by atoms with Crippen LogP contribution in [0.2, 0.25) is 0 Å². The average Bonchev–Trinajstić information content (AvgIpc) is 2.46. The Kier molecular flexibility index (Phi) is 4.68. The summed E-state index contributed by atoms with van der Waals surface area (Å²) >= 11 is 0. The van der Waals surface area contributed by atoms with Crippen LogP contribution >= 0.6 is 0 Å². The fourth-order valence-corrected chi connectivity index (χ4v) is 2.20.